The molecule has 1 atom stereocenters. The van der Waals surface area contributed by atoms with Crippen LogP contribution >= 0.6 is 22.7 Å². The maximum Gasteiger partial charge on any atom is 0.0794 e. The molecule has 0 aromatic carbocycles. The number of aromatic nitrogens is 1. The van der Waals surface area contributed by atoms with Gasteiger partial charge in [-0.1, -0.05) is 6.92 Å². The predicted molar refractivity (Wildman–Crippen MR) is 66.4 cm³/mol. The molecule has 80 valence electrons. The fraction of sp³-hybridized carbons (Fsp3) is 0.364. The molecule has 0 saturated heterocycles. The molecule has 2 aromatic heterocycles. The Labute approximate surface area is 97.8 Å². The maximum absolute atomic E-state index is 6.10. The summed E-state index contributed by atoms with van der Waals surface area (Å²) in [5.74, 6) is 0. The number of aryl methyl sites for hydroxylation is 1. The van der Waals surface area contributed by atoms with Gasteiger partial charge >= 0.3 is 0 Å². The summed E-state index contributed by atoms with van der Waals surface area (Å²) < 4.78 is 0. The summed E-state index contributed by atoms with van der Waals surface area (Å²) in [6, 6.07) is 4.48. The normalized spacial score (nSPS) is 12.9. The lowest BCUT2D eigenvalue weighted by atomic mass is 10.2. The van der Waals surface area contributed by atoms with Crippen molar-refractivity contribution in [2.75, 3.05) is 0 Å². The molecule has 0 fully saturated rings. The van der Waals surface area contributed by atoms with Gasteiger partial charge in [0.15, 0.2) is 0 Å². The summed E-state index contributed by atoms with van der Waals surface area (Å²) >= 11 is 3.49. The molecule has 0 aliphatic rings. The molecule has 4 heteroatoms. The standard InChI is InChI=1S/C11H14N2S2/c1-2-8-3-4-9(15-8)5-10(12)11-6-13-7-14-11/h3-4,6-7,10H,2,5,12H2,1H3. The average Bonchev–Trinajstić information content (AvgIpc) is 2.87. The van der Waals surface area contributed by atoms with E-state index in [1.165, 1.54) is 14.6 Å². The zero-order chi connectivity index (χ0) is 10.7. The molecule has 2 N–H and O–H groups in total. The molecule has 0 amide bonds. The second-order valence-electron chi connectivity index (χ2n) is 3.44. The van der Waals surface area contributed by atoms with Gasteiger partial charge in [-0.2, -0.15) is 0 Å². The van der Waals surface area contributed by atoms with Crippen LogP contribution in [0.15, 0.2) is 23.8 Å². The fourth-order valence-electron chi connectivity index (χ4n) is 1.45. The number of thiazole rings is 1. The molecule has 0 radical (unpaired) electrons. The van der Waals surface area contributed by atoms with Gasteiger partial charge in [0.25, 0.3) is 0 Å². The highest BCUT2D eigenvalue weighted by Crippen LogP contribution is 2.24. The van der Waals surface area contributed by atoms with Crippen molar-refractivity contribution in [2.24, 2.45) is 5.73 Å². The van der Waals surface area contributed by atoms with Crippen LogP contribution in [0.2, 0.25) is 0 Å². The van der Waals surface area contributed by atoms with Gasteiger partial charge in [-0.15, -0.1) is 22.7 Å². The van der Waals surface area contributed by atoms with Gasteiger partial charge in [0, 0.05) is 33.3 Å². The third-order valence-corrected chi connectivity index (χ3v) is 4.46. The Morgan fingerprint density at radius 1 is 1.40 bits per heavy atom. The lowest BCUT2D eigenvalue weighted by Crippen LogP contribution is -2.10. The first-order chi connectivity index (χ1) is 7.29. The molecular formula is C11H14N2S2. The number of nitrogens with two attached hydrogens (primary N) is 1. The van der Waals surface area contributed by atoms with Gasteiger partial charge in [0.2, 0.25) is 0 Å². The maximum atomic E-state index is 6.10. The Kier molecular flexibility index (Phi) is 3.51. The second-order valence-corrected chi connectivity index (χ2v) is 5.61. The molecule has 2 rings (SSSR count). The van der Waals surface area contributed by atoms with Crippen molar-refractivity contribution < 1.29 is 0 Å². The molecule has 2 heterocycles. The van der Waals surface area contributed by atoms with E-state index in [0.717, 1.165) is 12.8 Å². The molecule has 15 heavy (non-hydrogen) atoms. The van der Waals surface area contributed by atoms with Crippen LogP contribution in [0.25, 0.3) is 0 Å². The minimum atomic E-state index is 0.0980. The van der Waals surface area contributed by atoms with E-state index in [9.17, 15) is 0 Å². The first kappa shape index (κ1) is 10.8. The topological polar surface area (TPSA) is 38.9 Å². The van der Waals surface area contributed by atoms with Gasteiger partial charge in [0.1, 0.15) is 0 Å². The molecule has 0 aliphatic carbocycles. The highest BCUT2D eigenvalue weighted by molar-refractivity contribution is 7.12. The number of rotatable bonds is 4. The summed E-state index contributed by atoms with van der Waals surface area (Å²) in [7, 11) is 0. The molecule has 0 saturated carbocycles. The summed E-state index contributed by atoms with van der Waals surface area (Å²) in [6.07, 6.45) is 3.90. The minimum absolute atomic E-state index is 0.0980. The van der Waals surface area contributed by atoms with E-state index < -0.39 is 0 Å². The van der Waals surface area contributed by atoms with E-state index in [1.54, 1.807) is 11.3 Å². The van der Waals surface area contributed by atoms with E-state index in [2.05, 4.69) is 24.0 Å². The molecule has 0 bridgehead atoms. The van der Waals surface area contributed by atoms with Gasteiger partial charge in [-0.25, -0.2) is 0 Å². The van der Waals surface area contributed by atoms with E-state index in [4.69, 9.17) is 5.73 Å². The van der Waals surface area contributed by atoms with Crippen LogP contribution in [0, 0.1) is 0 Å². The Bertz CT molecular complexity index is 406. The zero-order valence-corrected chi connectivity index (χ0v) is 10.3. The molecule has 1 unspecified atom stereocenters. The molecule has 0 spiro atoms. The molecule has 2 aromatic rings. The third kappa shape index (κ3) is 2.65. The summed E-state index contributed by atoms with van der Waals surface area (Å²) in [5, 5.41) is 0. The quantitative estimate of drug-likeness (QED) is 0.889. The zero-order valence-electron chi connectivity index (χ0n) is 8.64. The van der Waals surface area contributed by atoms with Gasteiger partial charge in [-0.05, 0) is 18.6 Å². The van der Waals surface area contributed by atoms with Crippen LogP contribution in [-0.4, -0.2) is 4.98 Å². The monoisotopic (exact) mass is 238 g/mol. The average molecular weight is 238 g/mol. The van der Waals surface area contributed by atoms with Crippen LogP contribution in [0.5, 0.6) is 0 Å². The van der Waals surface area contributed by atoms with Crippen molar-refractivity contribution in [3.63, 3.8) is 0 Å². The van der Waals surface area contributed by atoms with E-state index in [-0.39, 0.29) is 6.04 Å². The van der Waals surface area contributed by atoms with Crippen molar-refractivity contribution in [1.82, 2.24) is 4.98 Å². The molecular weight excluding hydrogens is 224 g/mol. The lowest BCUT2D eigenvalue weighted by Gasteiger charge is -2.06. The first-order valence-electron chi connectivity index (χ1n) is 5.01. The SMILES string of the molecule is CCc1ccc(CC(N)c2cncs2)s1. The van der Waals surface area contributed by atoms with Gasteiger partial charge < -0.3 is 5.73 Å². The van der Waals surface area contributed by atoms with Gasteiger partial charge in [0.05, 0.1) is 5.51 Å². The van der Waals surface area contributed by atoms with Crippen LogP contribution in [0.3, 0.4) is 0 Å². The number of hydrogen-bond donors (Lipinski definition) is 1. The summed E-state index contributed by atoms with van der Waals surface area (Å²) in [5.41, 5.74) is 7.93. The molecule has 2 nitrogen and oxygen atoms in total. The van der Waals surface area contributed by atoms with Gasteiger partial charge in [-0.3, -0.25) is 4.98 Å². The minimum Gasteiger partial charge on any atom is -0.323 e. The number of nitrogens with zero attached hydrogens (tertiary/aromatic N) is 1. The largest absolute Gasteiger partial charge is 0.323 e. The van der Waals surface area contributed by atoms with Crippen molar-refractivity contribution in [3.8, 4) is 0 Å². The third-order valence-electron chi connectivity index (χ3n) is 2.30. The van der Waals surface area contributed by atoms with Crippen LogP contribution in [-0.2, 0) is 12.8 Å². The Morgan fingerprint density at radius 2 is 2.20 bits per heavy atom. The molecule has 0 aliphatic heterocycles. The van der Waals surface area contributed by atoms with Crippen molar-refractivity contribution in [2.45, 2.75) is 25.8 Å². The van der Waals surface area contributed by atoms with Crippen LogP contribution < -0.4 is 5.73 Å². The number of hydrogen-bond acceptors (Lipinski definition) is 4. The second kappa shape index (κ2) is 4.88. The fourth-order valence-corrected chi connectivity index (χ4v) is 3.09. The Morgan fingerprint density at radius 3 is 2.80 bits per heavy atom. The lowest BCUT2D eigenvalue weighted by molar-refractivity contribution is 0.743. The summed E-state index contributed by atoms with van der Waals surface area (Å²) in [6.45, 7) is 2.18. The highest BCUT2D eigenvalue weighted by atomic mass is 32.1. The van der Waals surface area contributed by atoms with E-state index in [1.807, 2.05) is 23.0 Å². The Balaban J connectivity index is 2.02. The Hall–Kier alpha value is -0.710. The smallest absolute Gasteiger partial charge is 0.0794 e. The van der Waals surface area contributed by atoms with Crippen molar-refractivity contribution in [1.29, 1.82) is 0 Å². The van der Waals surface area contributed by atoms with Crippen molar-refractivity contribution >= 4 is 22.7 Å². The van der Waals surface area contributed by atoms with E-state index in [0.29, 0.717) is 0 Å². The summed E-state index contributed by atoms with van der Waals surface area (Å²) in [4.78, 5) is 8.02. The van der Waals surface area contributed by atoms with Crippen LogP contribution in [0.1, 0.15) is 27.6 Å². The first-order valence-corrected chi connectivity index (χ1v) is 6.70. The number of thiophene rings is 1. The van der Waals surface area contributed by atoms with Crippen molar-refractivity contribution in [3.05, 3.63) is 38.5 Å². The highest BCUT2D eigenvalue weighted by Gasteiger charge is 2.09. The van der Waals surface area contributed by atoms with E-state index >= 15 is 0 Å². The predicted octanol–water partition coefficient (Wildman–Crippen LogP) is 3.01. The van der Waals surface area contributed by atoms with Crippen LogP contribution in [0.4, 0.5) is 0 Å².